The molecule has 0 aromatic heterocycles. The third kappa shape index (κ3) is 3.04. The lowest BCUT2D eigenvalue weighted by atomic mass is 9.40. The standard InChI is InChI=1S/C13H22.CH5N.CH2O3/c1-12(2)11-5-9-4-10(6-11)8-13(12,3)7-9;1-2;2-1(3)4/h9-11H,4-8H2,1-3H3;2H2,1H3;(H2,2,3,4). The van der Waals surface area contributed by atoms with Gasteiger partial charge in [-0.3, -0.25) is 0 Å². The Morgan fingerprint density at radius 2 is 1.37 bits per heavy atom. The first-order chi connectivity index (χ1) is 8.74. The highest BCUT2D eigenvalue weighted by molar-refractivity contribution is 5.53. The average molecular weight is 271 g/mol. The second kappa shape index (κ2) is 5.70. The van der Waals surface area contributed by atoms with E-state index in [-0.39, 0.29) is 0 Å². The molecule has 4 aliphatic rings. The molecule has 0 aromatic rings. The average Bonchev–Trinajstić information content (AvgIpc) is 2.27. The molecule has 4 bridgehead atoms. The van der Waals surface area contributed by atoms with Crippen LogP contribution in [0.1, 0.15) is 52.9 Å². The molecule has 0 aliphatic heterocycles. The van der Waals surface area contributed by atoms with Crippen LogP contribution in [0.5, 0.6) is 0 Å². The number of carbonyl (C=O) groups is 1. The molecule has 0 amide bonds. The zero-order chi connectivity index (χ0) is 14.8. The van der Waals surface area contributed by atoms with E-state index < -0.39 is 6.16 Å². The van der Waals surface area contributed by atoms with Gasteiger partial charge in [-0.2, -0.15) is 0 Å². The van der Waals surface area contributed by atoms with Gasteiger partial charge in [0.05, 0.1) is 0 Å². The van der Waals surface area contributed by atoms with Gasteiger partial charge in [-0.1, -0.05) is 20.8 Å². The maximum atomic E-state index is 8.56. The molecule has 2 unspecified atom stereocenters. The summed E-state index contributed by atoms with van der Waals surface area (Å²) in [5.41, 5.74) is 5.84. The van der Waals surface area contributed by atoms with Gasteiger partial charge >= 0.3 is 6.16 Å². The summed E-state index contributed by atoms with van der Waals surface area (Å²) >= 11 is 0. The third-order valence-electron chi connectivity index (χ3n) is 5.96. The minimum atomic E-state index is -1.83. The van der Waals surface area contributed by atoms with Crippen molar-refractivity contribution in [1.82, 2.24) is 0 Å². The van der Waals surface area contributed by atoms with E-state index in [1.807, 2.05) is 0 Å². The Morgan fingerprint density at radius 3 is 1.68 bits per heavy atom. The third-order valence-corrected chi connectivity index (χ3v) is 5.96. The molecule has 0 aromatic carbocycles. The molecule has 4 nitrogen and oxygen atoms in total. The van der Waals surface area contributed by atoms with Gasteiger partial charge in [-0.25, -0.2) is 4.79 Å². The van der Waals surface area contributed by atoms with Crippen LogP contribution in [0.2, 0.25) is 0 Å². The van der Waals surface area contributed by atoms with Crippen LogP contribution in [0.25, 0.3) is 0 Å². The normalized spacial score (nSPS) is 40.6. The summed E-state index contributed by atoms with van der Waals surface area (Å²) in [6.07, 6.45) is 5.92. The number of hydrogen-bond donors (Lipinski definition) is 3. The van der Waals surface area contributed by atoms with Crippen molar-refractivity contribution in [2.75, 3.05) is 7.05 Å². The maximum Gasteiger partial charge on any atom is 0.503 e. The van der Waals surface area contributed by atoms with Crippen molar-refractivity contribution in [3.63, 3.8) is 0 Å². The van der Waals surface area contributed by atoms with Crippen molar-refractivity contribution >= 4 is 6.16 Å². The summed E-state index contributed by atoms with van der Waals surface area (Å²) in [6.45, 7) is 7.64. The lowest BCUT2D eigenvalue weighted by Crippen LogP contribution is -2.56. The van der Waals surface area contributed by atoms with Crippen LogP contribution < -0.4 is 5.73 Å². The predicted octanol–water partition coefficient (Wildman–Crippen LogP) is 3.66. The Balaban J connectivity index is 0.000000262. The number of hydrogen-bond acceptors (Lipinski definition) is 2. The van der Waals surface area contributed by atoms with Crippen molar-refractivity contribution in [2.24, 2.45) is 34.3 Å². The van der Waals surface area contributed by atoms with Crippen LogP contribution in [-0.4, -0.2) is 23.4 Å². The Morgan fingerprint density at radius 1 is 1.00 bits per heavy atom. The van der Waals surface area contributed by atoms with Crippen molar-refractivity contribution in [1.29, 1.82) is 0 Å². The quantitative estimate of drug-likeness (QED) is 0.628. The first kappa shape index (κ1) is 16.3. The van der Waals surface area contributed by atoms with Crippen LogP contribution >= 0.6 is 0 Å². The number of rotatable bonds is 0. The van der Waals surface area contributed by atoms with Gasteiger partial charge < -0.3 is 15.9 Å². The van der Waals surface area contributed by atoms with Crippen LogP contribution in [0, 0.1) is 28.6 Å². The predicted molar refractivity (Wildman–Crippen MR) is 76.2 cm³/mol. The van der Waals surface area contributed by atoms with E-state index in [2.05, 4.69) is 26.5 Å². The molecule has 4 saturated carbocycles. The summed E-state index contributed by atoms with van der Waals surface area (Å²) in [7, 11) is 1.50. The highest BCUT2D eigenvalue weighted by Crippen LogP contribution is 2.67. The zero-order valence-corrected chi connectivity index (χ0v) is 12.6. The first-order valence-electron chi connectivity index (χ1n) is 7.24. The van der Waals surface area contributed by atoms with Crippen molar-refractivity contribution in [2.45, 2.75) is 52.9 Å². The molecule has 0 saturated heterocycles. The Labute approximate surface area is 116 Å². The van der Waals surface area contributed by atoms with E-state index in [1.54, 1.807) is 19.3 Å². The van der Waals surface area contributed by atoms with Gasteiger partial charge in [-0.15, -0.1) is 0 Å². The van der Waals surface area contributed by atoms with Crippen molar-refractivity contribution in [3.05, 3.63) is 0 Å². The lowest BCUT2D eigenvalue weighted by molar-refractivity contribution is -0.149. The Hall–Kier alpha value is -0.770. The molecule has 0 spiro atoms. The fourth-order valence-corrected chi connectivity index (χ4v) is 4.86. The molecule has 4 heteroatoms. The second-order valence-electron chi connectivity index (χ2n) is 7.11. The van der Waals surface area contributed by atoms with Gasteiger partial charge in [0.25, 0.3) is 0 Å². The second-order valence-corrected chi connectivity index (χ2v) is 7.11. The van der Waals surface area contributed by atoms with E-state index in [0.717, 1.165) is 17.8 Å². The first-order valence-corrected chi connectivity index (χ1v) is 7.24. The molecular weight excluding hydrogens is 242 g/mol. The van der Waals surface area contributed by atoms with Gasteiger partial charge in [0.1, 0.15) is 0 Å². The molecule has 4 N–H and O–H groups in total. The molecule has 0 radical (unpaired) electrons. The van der Waals surface area contributed by atoms with Crippen molar-refractivity contribution < 1.29 is 15.0 Å². The van der Waals surface area contributed by atoms with Crippen LogP contribution in [0.3, 0.4) is 0 Å². The molecule has 0 heterocycles. The van der Waals surface area contributed by atoms with Crippen LogP contribution in [0.4, 0.5) is 4.79 Å². The number of carboxylic acid groups (broad SMARTS) is 2. The smallest absolute Gasteiger partial charge is 0.450 e. The van der Waals surface area contributed by atoms with E-state index >= 15 is 0 Å². The fraction of sp³-hybridized carbons (Fsp3) is 0.933. The summed E-state index contributed by atoms with van der Waals surface area (Å²) in [5.74, 6) is 3.27. The summed E-state index contributed by atoms with van der Waals surface area (Å²) < 4.78 is 0. The Bertz CT molecular complexity index is 309. The molecule has 4 aliphatic carbocycles. The maximum absolute atomic E-state index is 8.56. The topological polar surface area (TPSA) is 83.6 Å². The molecule has 112 valence electrons. The molecule has 4 rings (SSSR count). The Kier molecular flexibility index (Phi) is 4.88. The fourth-order valence-electron chi connectivity index (χ4n) is 4.86. The van der Waals surface area contributed by atoms with Crippen LogP contribution in [-0.2, 0) is 0 Å². The van der Waals surface area contributed by atoms with Gasteiger partial charge in [0.2, 0.25) is 0 Å². The number of nitrogens with two attached hydrogens (primary N) is 1. The van der Waals surface area contributed by atoms with E-state index in [0.29, 0.717) is 10.8 Å². The summed E-state index contributed by atoms with van der Waals surface area (Å²) in [6, 6.07) is 0. The van der Waals surface area contributed by atoms with Gasteiger partial charge in [0, 0.05) is 0 Å². The van der Waals surface area contributed by atoms with Crippen molar-refractivity contribution in [3.8, 4) is 0 Å². The highest BCUT2D eigenvalue weighted by atomic mass is 16.6. The molecule has 19 heavy (non-hydrogen) atoms. The van der Waals surface area contributed by atoms with Gasteiger partial charge in [-0.05, 0) is 67.7 Å². The van der Waals surface area contributed by atoms with E-state index in [9.17, 15) is 0 Å². The lowest BCUT2D eigenvalue weighted by Gasteiger charge is -2.65. The molecule has 2 atom stereocenters. The molecule has 4 fully saturated rings. The van der Waals surface area contributed by atoms with Crippen LogP contribution in [0.15, 0.2) is 0 Å². The van der Waals surface area contributed by atoms with Gasteiger partial charge in [0.15, 0.2) is 0 Å². The largest absolute Gasteiger partial charge is 0.503 e. The summed E-state index contributed by atoms with van der Waals surface area (Å²) in [4.78, 5) is 8.56. The molecular formula is C15H29NO3. The highest BCUT2D eigenvalue weighted by Gasteiger charge is 2.58. The monoisotopic (exact) mass is 271 g/mol. The SMILES string of the molecule is CC12CC3CC(CC(C3)C1(C)C)C2.CN.O=C(O)O. The van der Waals surface area contributed by atoms with E-state index in [1.165, 1.54) is 19.9 Å². The van der Waals surface area contributed by atoms with E-state index in [4.69, 9.17) is 15.0 Å². The minimum absolute atomic E-state index is 0.639. The minimum Gasteiger partial charge on any atom is -0.450 e. The zero-order valence-electron chi connectivity index (χ0n) is 12.6. The summed E-state index contributed by atoms with van der Waals surface area (Å²) in [5, 5.41) is 13.9.